The molecule has 0 aliphatic heterocycles. The first-order valence-corrected chi connectivity index (χ1v) is 6.08. The lowest BCUT2D eigenvalue weighted by Gasteiger charge is -2.29. The van der Waals surface area contributed by atoms with Crippen LogP contribution in [0.3, 0.4) is 0 Å². The molecule has 96 valence electrons. The SMILES string of the molecule is CCC(CC)(Nc1cccc(Cl)c1C#N)C(=O)O. The Labute approximate surface area is 111 Å². The molecule has 1 aromatic rings. The van der Waals surface area contributed by atoms with Crippen molar-refractivity contribution in [1.29, 1.82) is 5.26 Å². The standard InChI is InChI=1S/C13H15ClN2O2/c1-3-13(4-2,12(17)18)16-11-7-5-6-10(14)9(11)8-15/h5-7,16H,3-4H2,1-2H3,(H,17,18). The molecular formula is C13H15ClN2O2. The van der Waals surface area contributed by atoms with Crippen molar-refractivity contribution in [2.75, 3.05) is 5.32 Å². The molecular weight excluding hydrogens is 252 g/mol. The second-order valence-corrected chi connectivity index (χ2v) is 4.40. The van der Waals surface area contributed by atoms with Crippen LogP contribution in [0.1, 0.15) is 32.3 Å². The third-order valence-electron chi connectivity index (χ3n) is 3.12. The molecule has 0 aliphatic rings. The zero-order chi connectivity index (χ0) is 13.8. The lowest BCUT2D eigenvalue weighted by atomic mass is 9.92. The van der Waals surface area contributed by atoms with Crippen molar-refractivity contribution in [3.8, 4) is 6.07 Å². The van der Waals surface area contributed by atoms with Crippen molar-refractivity contribution in [2.24, 2.45) is 0 Å². The van der Waals surface area contributed by atoms with Gasteiger partial charge < -0.3 is 10.4 Å². The number of nitriles is 1. The quantitative estimate of drug-likeness (QED) is 0.858. The third-order valence-corrected chi connectivity index (χ3v) is 3.43. The molecule has 1 rings (SSSR count). The monoisotopic (exact) mass is 266 g/mol. The first-order valence-electron chi connectivity index (χ1n) is 5.71. The Morgan fingerprint density at radius 1 is 1.50 bits per heavy atom. The van der Waals surface area contributed by atoms with E-state index in [0.717, 1.165) is 0 Å². The number of anilines is 1. The van der Waals surface area contributed by atoms with Gasteiger partial charge >= 0.3 is 5.97 Å². The van der Waals surface area contributed by atoms with Gasteiger partial charge in [-0.1, -0.05) is 31.5 Å². The van der Waals surface area contributed by atoms with Gasteiger partial charge in [0.2, 0.25) is 0 Å². The average molecular weight is 267 g/mol. The Kier molecular flexibility index (Phi) is 4.57. The maximum atomic E-state index is 11.4. The van der Waals surface area contributed by atoms with E-state index in [2.05, 4.69) is 5.32 Å². The topological polar surface area (TPSA) is 73.1 Å². The lowest BCUT2D eigenvalue weighted by Crippen LogP contribution is -2.45. The van der Waals surface area contributed by atoms with E-state index in [0.29, 0.717) is 23.6 Å². The van der Waals surface area contributed by atoms with Crippen molar-refractivity contribution < 1.29 is 9.90 Å². The van der Waals surface area contributed by atoms with Gasteiger partial charge in [-0.05, 0) is 25.0 Å². The summed E-state index contributed by atoms with van der Waals surface area (Å²) in [5.41, 5.74) is -0.348. The highest BCUT2D eigenvalue weighted by Crippen LogP contribution is 2.28. The molecule has 0 fully saturated rings. The fourth-order valence-corrected chi connectivity index (χ4v) is 2.00. The van der Waals surface area contributed by atoms with E-state index in [1.807, 2.05) is 6.07 Å². The van der Waals surface area contributed by atoms with E-state index in [9.17, 15) is 9.90 Å². The maximum Gasteiger partial charge on any atom is 0.329 e. The molecule has 0 atom stereocenters. The van der Waals surface area contributed by atoms with Crippen LogP contribution in [0, 0.1) is 11.3 Å². The molecule has 0 amide bonds. The van der Waals surface area contributed by atoms with Crippen molar-refractivity contribution in [2.45, 2.75) is 32.2 Å². The number of aliphatic carboxylic acids is 1. The molecule has 0 aromatic heterocycles. The predicted molar refractivity (Wildman–Crippen MR) is 70.7 cm³/mol. The Bertz CT molecular complexity index is 490. The number of nitrogens with zero attached hydrogens (tertiary/aromatic N) is 1. The van der Waals surface area contributed by atoms with Gasteiger partial charge in [-0.15, -0.1) is 0 Å². The van der Waals surface area contributed by atoms with E-state index in [-0.39, 0.29) is 5.56 Å². The first kappa shape index (κ1) is 14.3. The number of carbonyl (C=O) groups is 1. The van der Waals surface area contributed by atoms with Crippen LogP contribution in [-0.2, 0) is 4.79 Å². The fraction of sp³-hybridized carbons (Fsp3) is 0.385. The number of benzene rings is 1. The Balaban J connectivity index is 3.21. The Hall–Kier alpha value is -1.73. The van der Waals surface area contributed by atoms with E-state index in [1.54, 1.807) is 32.0 Å². The smallest absolute Gasteiger partial charge is 0.329 e. The minimum absolute atomic E-state index is 0.270. The molecule has 0 aliphatic carbocycles. The first-order chi connectivity index (χ1) is 8.50. The third kappa shape index (κ3) is 2.57. The zero-order valence-electron chi connectivity index (χ0n) is 10.3. The van der Waals surface area contributed by atoms with Gasteiger partial charge in [-0.3, -0.25) is 0 Å². The number of halogens is 1. The average Bonchev–Trinajstić information content (AvgIpc) is 2.35. The number of nitrogens with one attached hydrogen (secondary N) is 1. The second kappa shape index (κ2) is 5.74. The van der Waals surface area contributed by atoms with Crippen molar-refractivity contribution in [3.63, 3.8) is 0 Å². The normalized spacial score (nSPS) is 10.8. The highest BCUT2D eigenvalue weighted by atomic mass is 35.5. The number of hydrogen-bond acceptors (Lipinski definition) is 3. The van der Waals surface area contributed by atoms with Gasteiger partial charge in [-0.2, -0.15) is 5.26 Å². The van der Waals surface area contributed by atoms with Crippen LogP contribution in [-0.4, -0.2) is 16.6 Å². The largest absolute Gasteiger partial charge is 0.480 e. The van der Waals surface area contributed by atoms with Crippen LogP contribution in [0.2, 0.25) is 5.02 Å². The maximum absolute atomic E-state index is 11.4. The van der Waals surface area contributed by atoms with E-state index >= 15 is 0 Å². The minimum atomic E-state index is -1.07. The minimum Gasteiger partial charge on any atom is -0.480 e. The summed E-state index contributed by atoms with van der Waals surface area (Å²) in [5.74, 6) is -0.934. The summed E-state index contributed by atoms with van der Waals surface area (Å²) in [4.78, 5) is 11.4. The van der Waals surface area contributed by atoms with Gasteiger partial charge in [0, 0.05) is 0 Å². The molecule has 1 aromatic carbocycles. The van der Waals surface area contributed by atoms with Crippen LogP contribution >= 0.6 is 11.6 Å². The molecule has 0 saturated heterocycles. The number of carboxylic acids is 1. The van der Waals surface area contributed by atoms with E-state index < -0.39 is 11.5 Å². The Morgan fingerprint density at radius 3 is 2.56 bits per heavy atom. The Morgan fingerprint density at radius 2 is 2.11 bits per heavy atom. The van der Waals surface area contributed by atoms with Crippen LogP contribution < -0.4 is 5.32 Å². The summed E-state index contributed by atoms with van der Waals surface area (Å²) in [5, 5.41) is 21.7. The van der Waals surface area contributed by atoms with Crippen LogP contribution in [0.4, 0.5) is 5.69 Å². The molecule has 2 N–H and O–H groups in total. The highest BCUT2D eigenvalue weighted by molar-refractivity contribution is 6.32. The van der Waals surface area contributed by atoms with Gasteiger partial charge in [0.15, 0.2) is 0 Å². The van der Waals surface area contributed by atoms with Gasteiger partial charge in [0.25, 0.3) is 0 Å². The van der Waals surface area contributed by atoms with Crippen LogP contribution in [0.25, 0.3) is 0 Å². The summed E-state index contributed by atoms with van der Waals surface area (Å²) in [6.45, 7) is 3.59. The van der Waals surface area contributed by atoms with Crippen LogP contribution in [0.5, 0.6) is 0 Å². The van der Waals surface area contributed by atoms with Crippen molar-refractivity contribution in [3.05, 3.63) is 28.8 Å². The van der Waals surface area contributed by atoms with Crippen molar-refractivity contribution in [1.82, 2.24) is 0 Å². The highest BCUT2D eigenvalue weighted by Gasteiger charge is 2.35. The summed E-state index contributed by atoms with van der Waals surface area (Å²) >= 11 is 5.91. The van der Waals surface area contributed by atoms with Gasteiger partial charge in [0.05, 0.1) is 16.3 Å². The summed E-state index contributed by atoms with van der Waals surface area (Å²) in [6, 6.07) is 6.93. The number of rotatable bonds is 5. The number of hydrogen-bond donors (Lipinski definition) is 2. The molecule has 0 saturated carbocycles. The lowest BCUT2D eigenvalue weighted by molar-refractivity contribution is -0.142. The van der Waals surface area contributed by atoms with E-state index in [1.165, 1.54) is 0 Å². The molecule has 18 heavy (non-hydrogen) atoms. The van der Waals surface area contributed by atoms with E-state index in [4.69, 9.17) is 16.9 Å². The fourth-order valence-electron chi connectivity index (χ4n) is 1.78. The molecule has 0 bridgehead atoms. The second-order valence-electron chi connectivity index (χ2n) is 3.99. The molecule has 5 heteroatoms. The molecule has 0 radical (unpaired) electrons. The molecule has 0 spiro atoms. The number of carboxylic acid groups (broad SMARTS) is 1. The molecule has 0 unspecified atom stereocenters. The predicted octanol–water partition coefficient (Wildman–Crippen LogP) is 3.27. The zero-order valence-corrected chi connectivity index (χ0v) is 11.1. The van der Waals surface area contributed by atoms with Crippen molar-refractivity contribution >= 4 is 23.3 Å². The van der Waals surface area contributed by atoms with Gasteiger partial charge in [0.1, 0.15) is 11.6 Å². The van der Waals surface area contributed by atoms with Gasteiger partial charge in [-0.25, -0.2) is 4.79 Å². The summed E-state index contributed by atoms with van der Waals surface area (Å²) < 4.78 is 0. The summed E-state index contributed by atoms with van der Waals surface area (Å²) in [6.07, 6.45) is 0.826. The van der Waals surface area contributed by atoms with Crippen LogP contribution in [0.15, 0.2) is 18.2 Å². The molecule has 0 heterocycles. The summed E-state index contributed by atoms with van der Waals surface area (Å²) in [7, 11) is 0. The molecule has 4 nitrogen and oxygen atoms in total.